The van der Waals surface area contributed by atoms with Gasteiger partial charge in [-0.1, -0.05) is 39.3 Å². The van der Waals surface area contributed by atoms with Crippen molar-refractivity contribution in [1.82, 2.24) is 9.29 Å². The number of fused-ring (bicyclic) bond motifs is 1. The molecule has 1 N–H and O–H groups in total. The van der Waals surface area contributed by atoms with Crippen LogP contribution in [0, 0.1) is 5.41 Å². The molecule has 27 heavy (non-hydrogen) atoms. The summed E-state index contributed by atoms with van der Waals surface area (Å²) in [6.45, 7) is 9.62. The van der Waals surface area contributed by atoms with E-state index in [4.69, 9.17) is 0 Å². The maximum absolute atomic E-state index is 12.6. The van der Waals surface area contributed by atoms with E-state index in [1.807, 2.05) is 6.92 Å². The maximum atomic E-state index is 12.6. The summed E-state index contributed by atoms with van der Waals surface area (Å²) in [4.78, 5) is 0. The van der Waals surface area contributed by atoms with E-state index in [9.17, 15) is 8.42 Å². The maximum Gasteiger partial charge on any atom is 0.215 e. The normalized spacial score (nSPS) is 20.0. The second-order valence-electron chi connectivity index (χ2n) is 9.76. The minimum absolute atomic E-state index is 0.160. The largest absolute Gasteiger partial charge is 0.347 e. The summed E-state index contributed by atoms with van der Waals surface area (Å²) < 4.78 is 30.5. The number of benzene rings is 1. The molecule has 5 heteroatoms. The van der Waals surface area contributed by atoms with Gasteiger partial charge in [-0.2, -0.15) is 0 Å². The predicted octanol–water partition coefficient (Wildman–Crippen LogP) is 5.10. The van der Waals surface area contributed by atoms with Gasteiger partial charge in [0.1, 0.15) is 0 Å². The van der Waals surface area contributed by atoms with Crippen LogP contribution in [0.3, 0.4) is 0 Å². The summed E-state index contributed by atoms with van der Waals surface area (Å²) in [6, 6.07) is 6.55. The molecule has 0 spiro atoms. The Bertz CT molecular complexity index is 945. The number of nitrogens with one attached hydrogen (secondary N) is 1. The fourth-order valence-electron chi connectivity index (χ4n) is 4.08. The Morgan fingerprint density at radius 2 is 1.89 bits per heavy atom. The molecule has 2 fully saturated rings. The molecule has 0 amide bonds. The van der Waals surface area contributed by atoms with Crippen molar-refractivity contribution in [3.05, 3.63) is 35.5 Å². The van der Waals surface area contributed by atoms with Crippen LogP contribution in [0.2, 0.25) is 0 Å². The summed E-state index contributed by atoms with van der Waals surface area (Å²) in [5, 5.41) is 0.969. The first kappa shape index (κ1) is 19.0. The van der Waals surface area contributed by atoms with E-state index in [0.717, 1.165) is 31.4 Å². The van der Waals surface area contributed by atoms with E-state index >= 15 is 0 Å². The highest BCUT2D eigenvalue weighted by Crippen LogP contribution is 2.42. The average Bonchev–Trinajstić information content (AvgIpc) is 3.27. The van der Waals surface area contributed by atoms with Gasteiger partial charge in [0.05, 0.1) is 5.25 Å². The molecule has 2 aliphatic carbocycles. The van der Waals surface area contributed by atoms with Crippen LogP contribution in [0.25, 0.3) is 10.9 Å². The van der Waals surface area contributed by atoms with Crippen LogP contribution >= 0.6 is 0 Å². The van der Waals surface area contributed by atoms with Gasteiger partial charge in [0.15, 0.2) is 0 Å². The molecular formula is C22H32N2O2S. The molecule has 2 aromatic rings. The molecule has 148 valence electrons. The molecule has 0 saturated heterocycles. The molecule has 2 aliphatic rings. The van der Waals surface area contributed by atoms with E-state index in [0.29, 0.717) is 5.92 Å². The summed E-state index contributed by atoms with van der Waals surface area (Å²) >= 11 is 0. The molecule has 1 heterocycles. The van der Waals surface area contributed by atoms with Crippen molar-refractivity contribution in [3.8, 4) is 0 Å². The second-order valence-corrected chi connectivity index (χ2v) is 11.8. The molecule has 2 saturated carbocycles. The van der Waals surface area contributed by atoms with Crippen molar-refractivity contribution >= 4 is 20.9 Å². The van der Waals surface area contributed by atoms with Gasteiger partial charge in [-0.25, -0.2) is 13.1 Å². The van der Waals surface area contributed by atoms with E-state index in [1.165, 1.54) is 29.3 Å². The molecule has 4 nitrogen and oxygen atoms in total. The first-order valence-corrected chi connectivity index (χ1v) is 11.8. The minimum Gasteiger partial charge on any atom is -0.347 e. The summed E-state index contributed by atoms with van der Waals surface area (Å²) in [7, 11) is -3.24. The summed E-state index contributed by atoms with van der Waals surface area (Å²) in [5.41, 5.74) is 3.90. The van der Waals surface area contributed by atoms with Crippen LogP contribution in [0.4, 0.5) is 0 Å². The highest BCUT2D eigenvalue weighted by atomic mass is 32.2. The first-order valence-electron chi connectivity index (χ1n) is 10.3. The monoisotopic (exact) mass is 388 g/mol. The Morgan fingerprint density at radius 3 is 2.44 bits per heavy atom. The lowest BCUT2D eigenvalue weighted by Crippen LogP contribution is -2.39. The van der Waals surface area contributed by atoms with Crippen molar-refractivity contribution in [3.63, 3.8) is 0 Å². The van der Waals surface area contributed by atoms with Gasteiger partial charge in [-0.3, -0.25) is 0 Å². The number of rotatable bonds is 6. The molecule has 0 bridgehead atoms. The zero-order valence-corrected chi connectivity index (χ0v) is 17.8. The fourth-order valence-corrected chi connectivity index (χ4v) is 5.85. The Kier molecular flexibility index (Phi) is 4.66. The molecule has 0 radical (unpaired) electrons. The molecule has 1 aromatic carbocycles. The van der Waals surface area contributed by atoms with Gasteiger partial charge in [0.2, 0.25) is 10.0 Å². The smallest absolute Gasteiger partial charge is 0.215 e. The minimum atomic E-state index is -3.24. The molecule has 1 atom stereocenters. The molecule has 1 aromatic heterocycles. The van der Waals surface area contributed by atoms with Crippen LogP contribution < -0.4 is 4.72 Å². The zero-order valence-electron chi connectivity index (χ0n) is 17.0. The van der Waals surface area contributed by atoms with Gasteiger partial charge in [0, 0.05) is 29.7 Å². The van der Waals surface area contributed by atoms with Crippen LogP contribution in [0.1, 0.15) is 82.9 Å². The van der Waals surface area contributed by atoms with Gasteiger partial charge in [-0.05, 0) is 61.1 Å². The van der Waals surface area contributed by atoms with E-state index in [1.54, 1.807) is 0 Å². The van der Waals surface area contributed by atoms with Crippen molar-refractivity contribution in [2.75, 3.05) is 0 Å². The molecular weight excluding hydrogens is 356 g/mol. The quantitative estimate of drug-likeness (QED) is 0.749. The second kappa shape index (κ2) is 6.63. The van der Waals surface area contributed by atoms with Crippen molar-refractivity contribution < 1.29 is 8.42 Å². The third kappa shape index (κ3) is 3.95. The predicted molar refractivity (Wildman–Crippen MR) is 111 cm³/mol. The van der Waals surface area contributed by atoms with Gasteiger partial charge in [-0.15, -0.1) is 0 Å². The SMILES string of the molecule is C[C@@H](NS(=O)(=O)C1CCC1)c1cn(CC(C)(C)C)c2cc(C3CC3)ccc12. The van der Waals surface area contributed by atoms with Crippen LogP contribution in [-0.4, -0.2) is 18.2 Å². The summed E-state index contributed by atoms with van der Waals surface area (Å²) in [5.74, 6) is 0.713. The topological polar surface area (TPSA) is 51.1 Å². The Balaban J connectivity index is 1.70. The van der Waals surface area contributed by atoms with Crippen molar-refractivity contribution in [1.29, 1.82) is 0 Å². The molecule has 0 aliphatic heterocycles. The summed E-state index contributed by atoms with van der Waals surface area (Å²) in [6.07, 6.45) is 7.35. The Labute approximate surface area is 163 Å². The lowest BCUT2D eigenvalue weighted by Gasteiger charge is -2.27. The third-order valence-corrected chi connectivity index (χ3v) is 7.96. The van der Waals surface area contributed by atoms with Gasteiger partial charge < -0.3 is 4.57 Å². The lowest BCUT2D eigenvalue weighted by molar-refractivity contribution is 0.349. The van der Waals surface area contributed by atoms with Crippen LogP contribution in [0.15, 0.2) is 24.4 Å². The Morgan fingerprint density at radius 1 is 1.19 bits per heavy atom. The fraction of sp³-hybridized carbons (Fsp3) is 0.636. The standard InChI is InChI=1S/C22H32N2O2S/c1-15(23-27(25,26)18-6-5-7-18)20-13-24(14-22(2,3)4)21-12-17(16-8-9-16)10-11-19(20)21/h10-13,15-16,18,23H,5-9,14H2,1-4H3/t15-/m1/s1. The van der Waals surface area contributed by atoms with Gasteiger partial charge in [0.25, 0.3) is 0 Å². The Hall–Kier alpha value is -1.33. The van der Waals surface area contributed by atoms with Gasteiger partial charge >= 0.3 is 0 Å². The highest BCUT2D eigenvalue weighted by Gasteiger charge is 2.33. The van der Waals surface area contributed by atoms with Crippen LogP contribution in [0.5, 0.6) is 0 Å². The number of nitrogens with zero attached hydrogens (tertiary/aromatic N) is 1. The average molecular weight is 389 g/mol. The number of hydrogen-bond acceptors (Lipinski definition) is 2. The molecule has 0 unspecified atom stereocenters. The van der Waals surface area contributed by atoms with E-state index < -0.39 is 10.0 Å². The first-order chi connectivity index (χ1) is 12.6. The highest BCUT2D eigenvalue weighted by molar-refractivity contribution is 7.90. The number of sulfonamides is 1. The third-order valence-electron chi connectivity index (χ3n) is 5.93. The van der Waals surface area contributed by atoms with E-state index in [-0.39, 0.29) is 16.7 Å². The van der Waals surface area contributed by atoms with Crippen LogP contribution in [-0.2, 0) is 16.6 Å². The van der Waals surface area contributed by atoms with Crippen molar-refractivity contribution in [2.45, 2.75) is 83.6 Å². The number of hydrogen-bond donors (Lipinski definition) is 1. The molecule has 4 rings (SSSR count). The van der Waals surface area contributed by atoms with Crippen molar-refractivity contribution in [2.24, 2.45) is 5.41 Å². The van der Waals surface area contributed by atoms with E-state index in [2.05, 4.69) is 54.5 Å². The zero-order chi connectivity index (χ0) is 19.4. The number of aromatic nitrogens is 1. The lowest BCUT2D eigenvalue weighted by atomic mass is 9.97.